The molecule has 0 heterocycles. The molecule has 92 valence electrons. The number of rotatable bonds is 2. The quantitative estimate of drug-likeness (QED) is 0.720. The molecule has 0 amide bonds. The summed E-state index contributed by atoms with van der Waals surface area (Å²) in [6, 6.07) is 0. The van der Waals surface area contributed by atoms with E-state index >= 15 is 0 Å². The fourth-order valence-corrected chi connectivity index (χ4v) is 5.97. The summed E-state index contributed by atoms with van der Waals surface area (Å²) in [6.07, 6.45) is 4.72. The molecule has 4 aliphatic carbocycles. The Morgan fingerprint density at radius 2 is 1.50 bits per heavy atom. The summed E-state index contributed by atoms with van der Waals surface area (Å²) < 4.78 is 37.2. The van der Waals surface area contributed by atoms with E-state index in [2.05, 4.69) is 0 Å². The second-order valence-corrected chi connectivity index (χ2v) is 8.69. The molecule has 0 aromatic carbocycles. The van der Waals surface area contributed by atoms with Crippen molar-refractivity contribution in [1.82, 2.24) is 0 Å². The zero-order valence-electron chi connectivity index (χ0n) is 9.03. The Balaban J connectivity index is 1.90. The molecule has 0 aromatic heterocycles. The van der Waals surface area contributed by atoms with Gasteiger partial charge in [0.15, 0.2) is 0 Å². The van der Waals surface area contributed by atoms with E-state index in [0.717, 1.165) is 25.7 Å². The van der Waals surface area contributed by atoms with Crippen molar-refractivity contribution in [1.29, 1.82) is 0 Å². The second kappa shape index (κ2) is 3.35. The summed E-state index contributed by atoms with van der Waals surface area (Å²) in [6.45, 7) is 0. The predicted molar refractivity (Wildman–Crippen MR) is 60.5 cm³/mol. The van der Waals surface area contributed by atoms with Gasteiger partial charge in [-0.3, -0.25) is 0 Å². The standard InChI is InChI=1S/C11H16ClFO2S/c12-16(14,15)6-11(13)9-2-7-1-8(4-9)5-10(11)3-7/h7-10H,1-6H2. The number of alkyl halides is 1. The van der Waals surface area contributed by atoms with Crippen LogP contribution in [0.4, 0.5) is 4.39 Å². The summed E-state index contributed by atoms with van der Waals surface area (Å²) in [5, 5.41) is 0. The minimum absolute atomic E-state index is 0.0581. The summed E-state index contributed by atoms with van der Waals surface area (Å²) in [4.78, 5) is 0. The third-order valence-electron chi connectivity index (χ3n) is 4.89. The molecule has 2 nitrogen and oxygen atoms in total. The second-order valence-electron chi connectivity index (χ2n) is 5.91. The van der Waals surface area contributed by atoms with Crippen LogP contribution in [-0.4, -0.2) is 19.8 Å². The molecule has 0 aromatic rings. The number of hydrogen-bond donors (Lipinski definition) is 0. The van der Waals surface area contributed by atoms with Gasteiger partial charge < -0.3 is 0 Å². The molecule has 4 fully saturated rings. The zero-order valence-corrected chi connectivity index (χ0v) is 10.6. The molecule has 4 aliphatic rings. The van der Waals surface area contributed by atoms with Gasteiger partial charge in [-0.15, -0.1) is 0 Å². The SMILES string of the molecule is O=S(=O)(Cl)CC1(F)C2CC3CC(C2)CC1C3. The Morgan fingerprint density at radius 3 is 1.88 bits per heavy atom. The largest absolute Gasteiger partial charge is 0.242 e. The van der Waals surface area contributed by atoms with E-state index in [1.807, 2.05) is 0 Å². The van der Waals surface area contributed by atoms with Crippen LogP contribution in [0.15, 0.2) is 0 Å². The highest BCUT2D eigenvalue weighted by Crippen LogP contribution is 2.60. The predicted octanol–water partition coefficient (Wildman–Crippen LogP) is 2.72. The minimum Gasteiger partial charge on any atom is -0.242 e. The van der Waals surface area contributed by atoms with Gasteiger partial charge in [-0.1, -0.05) is 0 Å². The van der Waals surface area contributed by atoms with Crippen molar-refractivity contribution in [3.63, 3.8) is 0 Å². The van der Waals surface area contributed by atoms with E-state index in [4.69, 9.17) is 10.7 Å². The highest BCUT2D eigenvalue weighted by Gasteiger charge is 2.59. The molecule has 4 rings (SSSR count). The molecule has 16 heavy (non-hydrogen) atoms. The first-order chi connectivity index (χ1) is 7.37. The van der Waals surface area contributed by atoms with Crippen LogP contribution in [0, 0.1) is 23.7 Å². The van der Waals surface area contributed by atoms with E-state index < -0.39 is 20.5 Å². The van der Waals surface area contributed by atoms with Gasteiger partial charge in [0.25, 0.3) is 0 Å². The first-order valence-electron chi connectivity index (χ1n) is 5.98. The van der Waals surface area contributed by atoms with Crippen molar-refractivity contribution in [3.05, 3.63) is 0 Å². The molecule has 0 saturated heterocycles. The van der Waals surface area contributed by atoms with Crippen LogP contribution in [0.3, 0.4) is 0 Å². The third-order valence-corrected chi connectivity index (χ3v) is 6.00. The van der Waals surface area contributed by atoms with Crippen LogP contribution in [0.1, 0.15) is 32.1 Å². The molecular weight excluding hydrogens is 251 g/mol. The van der Waals surface area contributed by atoms with Gasteiger partial charge in [-0.25, -0.2) is 12.8 Å². The number of halogens is 2. The Labute approximate surface area is 100.0 Å². The Bertz CT molecular complexity index is 378. The normalized spacial score (nSPS) is 50.9. The highest BCUT2D eigenvalue weighted by atomic mass is 35.7. The van der Waals surface area contributed by atoms with E-state index in [-0.39, 0.29) is 11.8 Å². The molecule has 0 atom stereocenters. The van der Waals surface area contributed by atoms with Gasteiger partial charge in [0.05, 0.1) is 5.75 Å². The lowest BCUT2D eigenvalue weighted by Crippen LogP contribution is -2.57. The fraction of sp³-hybridized carbons (Fsp3) is 1.00. The van der Waals surface area contributed by atoms with Crippen LogP contribution < -0.4 is 0 Å². The topological polar surface area (TPSA) is 34.1 Å². The van der Waals surface area contributed by atoms with Crippen LogP contribution in [0.5, 0.6) is 0 Å². The maximum atomic E-state index is 14.9. The first kappa shape index (κ1) is 11.3. The molecule has 0 unspecified atom stereocenters. The highest BCUT2D eigenvalue weighted by molar-refractivity contribution is 8.13. The van der Waals surface area contributed by atoms with Crippen LogP contribution in [0.25, 0.3) is 0 Å². The van der Waals surface area contributed by atoms with Gasteiger partial charge in [-0.2, -0.15) is 0 Å². The maximum absolute atomic E-state index is 14.9. The van der Waals surface area contributed by atoms with Gasteiger partial charge in [0.1, 0.15) is 5.67 Å². The number of hydrogen-bond acceptors (Lipinski definition) is 2. The summed E-state index contributed by atoms with van der Waals surface area (Å²) in [5.41, 5.74) is -1.53. The minimum atomic E-state index is -3.73. The first-order valence-corrected chi connectivity index (χ1v) is 8.46. The van der Waals surface area contributed by atoms with Crippen molar-refractivity contribution in [2.75, 3.05) is 5.75 Å². The third kappa shape index (κ3) is 1.69. The van der Waals surface area contributed by atoms with Gasteiger partial charge >= 0.3 is 0 Å². The van der Waals surface area contributed by atoms with Crippen molar-refractivity contribution >= 4 is 19.7 Å². The zero-order chi connectivity index (χ0) is 11.6. The summed E-state index contributed by atoms with van der Waals surface area (Å²) >= 11 is 0. The van der Waals surface area contributed by atoms with Crippen molar-refractivity contribution < 1.29 is 12.8 Å². The Morgan fingerprint density at radius 1 is 1.06 bits per heavy atom. The molecule has 0 spiro atoms. The fourth-order valence-electron chi connectivity index (χ4n) is 4.47. The lowest BCUT2D eigenvalue weighted by atomic mass is 9.51. The van der Waals surface area contributed by atoms with Gasteiger partial charge in [0, 0.05) is 10.7 Å². The van der Waals surface area contributed by atoms with Gasteiger partial charge in [0.2, 0.25) is 9.05 Å². The molecule has 4 saturated carbocycles. The van der Waals surface area contributed by atoms with Crippen molar-refractivity contribution in [2.45, 2.75) is 37.8 Å². The van der Waals surface area contributed by atoms with E-state index in [1.165, 1.54) is 6.42 Å². The molecule has 0 N–H and O–H groups in total. The van der Waals surface area contributed by atoms with Crippen molar-refractivity contribution in [3.8, 4) is 0 Å². The van der Waals surface area contributed by atoms with Crippen LogP contribution in [-0.2, 0) is 9.05 Å². The lowest BCUT2D eigenvalue weighted by Gasteiger charge is -2.57. The Hall–Kier alpha value is 0.170. The molecular formula is C11H16ClFO2S. The lowest BCUT2D eigenvalue weighted by molar-refractivity contribution is -0.112. The molecule has 5 heteroatoms. The average Bonchev–Trinajstić information content (AvgIpc) is 2.10. The van der Waals surface area contributed by atoms with E-state index in [1.54, 1.807) is 0 Å². The van der Waals surface area contributed by atoms with Crippen LogP contribution in [0.2, 0.25) is 0 Å². The monoisotopic (exact) mass is 266 g/mol. The Kier molecular flexibility index (Phi) is 2.36. The maximum Gasteiger partial charge on any atom is 0.235 e. The van der Waals surface area contributed by atoms with Crippen molar-refractivity contribution in [2.24, 2.45) is 23.7 Å². The smallest absolute Gasteiger partial charge is 0.235 e. The molecule has 0 aliphatic heterocycles. The summed E-state index contributed by atoms with van der Waals surface area (Å²) in [7, 11) is 1.52. The average molecular weight is 267 g/mol. The van der Waals surface area contributed by atoms with E-state index in [0.29, 0.717) is 11.8 Å². The van der Waals surface area contributed by atoms with Gasteiger partial charge in [-0.05, 0) is 55.8 Å². The van der Waals surface area contributed by atoms with E-state index in [9.17, 15) is 12.8 Å². The molecule has 0 radical (unpaired) electrons. The molecule has 4 bridgehead atoms. The summed E-state index contributed by atoms with van der Waals surface area (Å²) in [5.74, 6) is 0.694. The van der Waals surface area contributed by atoms with Crippen LogP contribution >= 0.6 is 10.7 Å².